The minimum absolute atomic E-state index is 0.0195. The third kappa shape index (κ3) is 5.00. The molecule has 0 N–H and O–H groups in total. The number of ether oxygens (including phenoxy) is 1. The zero-order valence-electron chi connectivity index (χ0n) is 11.4. The number of carbonyl (C=O) groups excluding carboxylic acids is 1. The minimum atomic E-state index is -4.01. The van der Waals surface area contributed by atoms with Crippen LogP contribution in [0.2, 0.25) is 10.0 Å². The van der Waals surface area contributed by atoms with Crippen LogP contribution >= 0.6 is 33.9 Å². The van der Waals surface area contributed by atoms with Gasteiger partial charge in [-0.3, -0.25) is 4.79 Å². The lowest BCUT2D eigenvalue weighted by atomic mass is 10.2. The van der Waals surface area contributed by atoms with Crippen molar-refractivity contribution in [3.63, 3.8) is 0 Å². The molecule has 0 aliphatic carbocycles. The van der Waals surface area contributed by atoms with Crippen LogP contribution in [0, 0.1) is 0 Å². The molecule has 0 aliphatic rings. The molecule has 0 saturated carbocycles. The number of nitrogens with zero attached hydrogens (tertiary/aromatic N) is 1. The van der Waals surface area contributed by atoms with Crippen molar-refractivity contribution in [1.82, 2.24) is 4.90 Å². The first kappa shape index (κ1) is 18.5. The van der Waals surface area contributed by atoms with Gasteiger partial charge in [-0.1, -0.05) is 23.2 Å². The van der Waals surface area contributed by atoms with Gasteiger partial charge in [-0.2, -0.15) is 0 Å². The van der Waals surface area contributed by atoms with E-state index < -0.39 is 15.0 Å². The van der Waals surface area contributed by atoms with Gasteiger partial charge >= 0.3 is 0 Å². The van der Waals surface area contributed by atoms with Crippen molar-refractivity contribution in [3.05, 3.63) is 27.7 Å². The Hall–Kier alpha value is -0.530. The van der Waals surface area contributed by atoms with Gasteiger partial charge in [0.15, 0.2) is 0 Å². The van der Waals surface area contributed by atoms with Crippen LogP contribution in [0.5, 0.6) is 0 Å². The van der Waals surface area contributed by atoms with Gasteiger partial charge in [0.2, 0.25) is 0 Å². The van der Waals surface area contributed by atoms with E-state index in [-0.39, 0.29) is 20.5 Å². The Morgan fingerprint density at radius 2 is 1.95 bits per heavy atom. The maximum Gasteiger partial charge on any atom is 0.261 e. The summed E-state index contributed by atoms with van der Waals surface area (Å²) in [7, 11) is 2.81. The summed E-state index contributed by atoms with van der Waals surface area (Å²) in [5, 5.41) is -0.0751. The fraction of sp³-hybridized carbons (Fsp3) is 0.417. The molecule has 1 rings (SSSR count). The SMILES string of the molecule is CCOCCN(C)C(=O)c1cc(S(=O)(=O)Cl)cc(Cl)c1Cl. The smallest absolute Gasteiger partial charge is 0.261 e. The predicted octanol–water partition coefficient (Wildman–Crippen LogP) is 3.03. The molecule has 21 heavy (non-hydrogen) atoms. The van der Waals surface area contributed by atoms with Gasteiger partial charge < -0.3 is 9.64 Å². The topological polar surface area (TPSA) is 63.7 Å². The minimum Gasteiger partial charge on any atom is -0.380 e. The number of likely N-dealkylation sites (N-methyl/N-ethyl adjacent to an activating group) is 1. The number of hydrogen-bond donors (Lipinski definition) is 0. The average molecular weight is 375 g/mol. The van der Waals surface area contributed by atoms with Crippen molar-refractivity contribution in [3.8, 4) is 0 Å². The molecule has 1 amide bonds. The number of halogens is 3. The Morgan fingerprint density at radius 1 is 1.33 bits per heavy atom. The Bertz CT molecular complexity index is 634. The van der Waals surface area contributed by atoms with Crippen LogP contribution in [-0.2, 0) is 13.8 Å². The number of rotatable bonds is 6. The molecule has 1 aromatic carbocycles. The summed E-state index contributed by atoms with van der Waals surface area (Å²) in [4.78, 5) is 13.4. The second-order valence-corrected chi connectivity index (χ2v) is 7.48. The lowest BCUT2D eigenvalue weighted by Gasteiger charge is -2.18. The molecular formula is C12H14Cl3NO4S. The van der Waals surface area contributed by atoms with E-state index in [2.05, 4.69) is 0 Å². The second kappa shape index (κ2) is 7.65. The molecule has 0 saturated heterocycles. The lowest BCUT2D eigenvalue weighted by Crippen LogP contribution is -2.30. The van der Waals surface area contributed by atoms with Gasteiger partial charge in [0.05, 0.1) is 27.1 Å². The van der Waals surface area contributed by atoms with Gasteiger partial charge in [-0.05, 0) is 19.1 Å². The number of amides is 1. The summed E-state index contributed by atoms with van der Waals surface area (Å²) in [6.45, 7) is 3.07. The van der Waals surface area contributed by atoms with Crippen molar-refractivity contribution in [2.45, 2.75) is 11.8 Å². The van der Waals surface area contributed by atoms with Gasteiger partial charge in [0, 0.05) is 30.9 Å². The number of benzene rings is 1. The van der Waals surface area contributed by atoms with E-state index in [9.17, 15) is 13.2 Å². The second-order valence-electron chi connectivity index (χ2n) is 4.13. The fourth-order valence-corrected chi connectivity index (χ4v) is 2.77. The standard InChI is InChI=1S/C12H14Cl3NO4S/c1-3-20-5-4-16(2)12(17)9-6-8(21(15,18)19)7-10(13)11(9)14/h6-7H,3-5H2,1-2H3. The zero-order valence-corrected chi connectivity index (χ0v) is 14.5. The molecule has 0 aliphatic heterocycles. The maximum absolute atomic E-state index is 12.3. The number of hydrogen-bond acceptors (Lipinski definition) is 4. The van der Waals surface area contributed by atoms with Crippen LogP contribution in [0.15, 0.2) is 17.0 Å². The van der Waals surface area contributed by atoms with E-state index in [1.54, 1.807) is 7.05 Å². The van der Waals surface area contributed by atoms with Crippen LogP contribution in [0.25, 0.3) is 0 Å². The molecule has 0 radical (unpaired) electrons. The number of carbonyl (C=O) groups is 1. The molecule has 9 heteroatoms. The zero-order chi connectivity index (χ0) is 16.2. The quantitative estimate of drug-likeness (QED) is 0.567. The van der Waals surface area contributed by atoms with Crippen LogP contribution in [0.1, 0.15) is 17.3 Å². The summed E-state index contributed by atoms with van der Waals surface area (Å²) < 4.78 is 27.9. The predicted molar refractivity (Wildman–Crippen MR) is 83.0 cm³/mol. The van der Waals surface area contributed by atoms with E-state index in [0.29, 0.717) is 19.8 Å². The summed E-state index contributed by atoms with van der Waals surface area (Å²) in [6.07, 6.45) is 0. The molecular weight excluding hydrogens is 361 g/mol. The molecule has 0 unspecified atom stereocenters. The Labute approximate surface area is 138 Å². The normalized spacial score (nSPS) is 11.5. The monoisotopic (exact) mass is 373 g/mol. The van der Waals surface area contributed by atoms with Gasteiger partial charge in [-0.25, -0.2) is 8.42 Å². The molecule has 0 spiro atoms. The van der Waals surface area contributed by atoms with Crippen LogP contribution in [-0.4, -0.2) is 46.0 Å². The summed E-state index contributed by atoms with van der Waals surface area (Å²) in [6, 6.07) is 2.21. The summed E-state index contributed by atoms with van der Waals surface area (Å²) in [5.41, 5.74) is -0.0256. The third-order valence-corrected chi connectivity index (χ3v) is 4.77. The van der Waals surface area contributed by atoms with E-state index in [1.165, 1.54) is 4.90 Å². The molecule has 0 atom stereocenters. The summed E-state index contributed by atoms with van der Waals surface area (Å²) in [5.74, 6) is -0.469. The van der Waals surface area contributed by atoms with E-state index in [1.807, 2.05) is 6.92 Å². The first-order valence-corrected chi connectivity index (χ1v) is 9.02. The van der Waals surface area contributed by atoms with Gasteiger partial charge in [0.1, 0.15) is 0 Å². The Balaban J connectivity index is 3.11. The van der Waals surface area contributed by atoms with E-state index in [0.717, 1.165) is 12.1 Å². The first-order valence-electron chi connectivity index (χ1n) is 5.95. The Morgan fingerprint density at radius 3 is 2.48 bits per heavy atom. The highest BCUT2D eigenvalue weighted by Crippen LogP contribution is 2.31. The molecule has 0 heterocycles. The Kier molecular flexibility index (Phi) is 6.74. The van der Waals surface area contributed by atoms with Crippen LogP contribution < -0.4 is 0 Å². The highest BCUT2D eigenvalue weighted by molar-refractivity contribution is 8.13. The lowest BCUT2D eigenvalue weighted by molar-refractivity contribution is 0.0710. The molecule has 1 aromatic rings. The van der Waals surface area contributed by atoms with Gasteiger partial charge in [0.25, 0.3) is 15.0 Å². The van der Waals surface area contributed by atoms with Crippen molar-refractivity contribution in [1.29, 1.82) is 0 Å². The fourth-order valence-electron chi connectivity index (χ4n) is 1.51. The molecule has 5 nitrogen and oxygen atoms in total. The average Bonchev–Trinajstić information content (AvgIpc) is 2.39. The highest BCUT2D eigenvalue weighted by atomic mass is 35.7. The van der Waals surface area contributed by atoms with E-state index >= 15 is 0 Å². The van der Waals surface area contributed by atoms with Crippen molar-refractivity contribution in [2.75, 3.05) is 26.8 Å². The van der Waals surface area contributed by atoms with Crippen LogP contribution in [0.3, 0.4) is 0 Å². The van der Waals surface area contributed by atoms with Crippen molar-refractivity contribution >= 4 is 48.8 Å². The molecule has 0 bridgehead atoms. The first-order chi connectivity index (χ1) is 9.68. The van der Waals surface area contributed by atoms with Gasteiger partial charge in [-0.15, -0.1) is 0 Å². The summed E-state index contributed by atoms with van der Waals surface area (Å²) >= 11 is 11.8. The van der Waals surface area contributed by atoms with Crippen molar-refractivity contribution < 1.29 is 17.9 Å². The van der Waals surface area contributed by atoms with E-state index in [4.69, 9.17) is 38.6 Å². The molecule has 118 valence electrons. The van der Waals surface area contributed by atoms with Crippen LogP contribution in [0.4, 0.5) is 0 Å². The maximum atomic E-state index is 12.3. The third-order valence-electron chi connectivity index (χ3n) is 2.64. The molecule has 0 aromatic heterocycles. The largest absolute Gasteiger partial charge is 0.380 e. The molecule has 0 fully saturated rings. The van der Waals surface area contributed by atoms with Crippen molar-refractivity contribution in [2.24, 2.45) is 0 Å². The highest BCUT2D eigenvalue weighted by Gasteiger charge is 2.22.